The fourth-order valence-corrected chi connectivity index (χ4v) is 2.50. The smallest absolute Gasteiger partial charge is 0.225 e. The Morgan fingerprint density at radius 3 is 2.67 bits per heavy atom. The van der Waals surface area contributed by atoms with Gasteiger partial charge in [0.15, 0.2) is 0 Å². The van der Waals surface area contributed by atoms with Crippen molar-refractivity contribution in [1.82, 2.24) is 10.2 Å². The van der Waals surface area contributed by atoms with E-state index in [0.717, 1.165) is 5.56 Å². The number of amides is 2. The summed E-state index contributed by atoms with van der Waals surface area (Å²) in [5.74, 6) is -0.243. The van der Waals surface area contributed by atoms with Gasteiger partial charge in [0.1, 0.15) is 5.82 Å². The van der Waals surface area contributed by atoms with Crippen molar-refractivity contribution in [3.63, 3.8) is 0 Å². The van der Waals surface area contributed by atoms with Crippen molar-refractivity contribution in [2.24, 2.45) is 11.8 Å². The van der Waals surface area contributed by atoms with Gasteiger partial charge in [0, 0.05) is 26.1 Å². The summed E-state index contributed by atoms with van der Waals surface area (Å²) in [6.45, 7) is 5.64. The third-order valence-electron chi connectivity index (χ3n) is 3.55. The molecular formula is C16H21FN2O2. The number of hydrogen-bond acceptors (Lipinski definition) is 2. The van der Waals surface area contributed by atoms with E-state index in [4.69, 9.17) is 0 Å². The maximum Gasteiger partial charge on any atom is 0.225 e. The van der Waals surface area contributed by atoms with Crippen LogP contribution in [0.3, 0.4) is 0 Å². The van der Waals surface area contributed by atoms with Crippen LogP contribution in [0.15, 0.2) is 24.3 Å². The second kappa shape index (κ2) is 6.70. The summed E-state index contributed by atoms with van der Waals surface area (Å²) in [5, 5.41) is 2.81. The maximum atomic E-state index is 12.8. The molecule has 1 aromatic rings. The number of nitrogens with zero attached hydrogens (tertiary/aromatic N) is 1. The summed E-state index contributed by atoms with van der Waals surface area (Å²) >= 11 is 0. The molecule has 0 spiro atoms. The average Bonchev–Trinajstić information content (AvgIpc) is 2.78. The van der Waals surface area contributed by atoms with Gasteiger partial charge < -0.3 is 10.2 Å². The molecule has 1 aromatic carbocycles. The van der Waals surface area contributed by atoms with E-state index < -0.39 is 0 Å². The zero-order chi connectivity index (χ0) is 15.4. The van der Waals surface area contributed by atoms with Crippen molar-refractivity contribution < 1.29 is 14.0 Å². The number of likely N-dealkylation sites (tertiary alicyclic amines) is 1. The molecule has 1 aliphatic heterocycles. The van der Waals surface area contributed by atoms with Crippen LogP contribution in [0.2, 0.25) is 0 Å². The van der Waals surface area contributed by atoms with Crippen LogP contribution < -0.4 is 5.32 Å². The first-order valence-electron chi connectivity index (χ1n) is 7.25. The number of benzene rings is 1. The zero-order valence-electron chi connectivity index (χ0n) is 12.4. The lowest BCUT2D eigenvalue weighted by atomic mass is 10.1. The first kappa shape index (κ1) is 15.5. The van der Waals surface area contributed by atoms with Gasteiger partial charge in [-0.15, -0.1) is 0 Å². The SMILES string of the molecule is CC(C)CN1CC(C(=O)NCc2ccc(F)cc2)CC1=O. The Balaban J connectivity index is 1.84. The fraction of sp³-hybridized carbons (Fsp3) is 0.500. The molecule has 4 nitrogen and oxygen atoms in total. The maximum absolute atomic E-state index is 12.8. The van der Waals surface area contributed by atoms with Crippen LogP contribution in [-0.2, 0) is 16.1 Å². The first-order chi connectivity index (χ1) is 9.95. The highest BCUT2D eigenvalue weighted by molar-refractivity contribution is 5.89. The van der Waals surface area contributed by atoms with Gasteiger partial charge in [0.25, 0.3) is 0 Å². The lowest BCUT2D eigenvalue weighted by Gasteiger charge is -2.18. The third-order valence-corrected chi connectivity index (χ3v) is 3.55. The minimum absolute atomic E-state index is 0.0469. The summed E-state index contributed by atoms with van der Waals surface area (Å²) in [6.07, 6.45) is 0.280. The molecular weight excluding hydrogens is 271 g/mol. The summed E-state index contributed by atoms with van der Waals surface area (Å²) in [4.78, 5) is 25.7. The average molecular weight is 292 g/mol. The van der Waals surface area contributed by atoms with Gasteiger partial charge in [0.05, 0.1) is 5.92 Å². The van der Waals surface area contributed by atoms with E-state index in [-0.39, 0.29) is 30.0 Å². The van der Waals surface area contributed by atoms with Gasteiger partial charge in [0.2, 0.25) is 11.8 Å². The highest BCUT2D eigenvalue weighted by Crippen LogP contribution is 2.19. The molecule has 5 heteroatoms. The molecule has 0 radical (unpaired) electrons. The highest BCUT2D eigenvalue weighted by atomic mass is 19.1. The van der Waals surface area contributed by atoms with Crippen LogP contribution in [-0.4, -0.2) is 29.8 Å². The van der Waals surface area contributed by atoms with Gasteiger partial charge in [-0.1, -0.05) is 26.0 Å². The molecule has 1 atom stereocenters. The number of carbonyl (C=O) groups excluding carboxylic acids is 2. The van der Waals surface area contributed by atoms with E-state index in [1.54, 1.807) is 17.0 Å². The van der Waals surface area contributed by atoms with E-state index in [2.05, 4.69) is 19.2 Å². The molecule has 0 aromatic heterocycles. The summed E-state index contributed by atoms with van der Waals surface area (Å²) in [7, 11) is 0. The summed E-state index contributed by atoms with van der Waals surface area (Å²) in [6, 6.07) is 6.01. The topological polar surface area (TPSA) is 49.4 Å². The third kappa shape index (κ3) is 4.28. The van der Waals surface area contributed by atoms with Gasteiger partial charge >= 0.3 is 0 Å². The molecule has 2 amide bonds. The Hall–Kier alpha value is -1.91. The molecule has 21 heavy (non-hydrogen) atoms. The molecule has 2 rings (SSSR count). The molecule has 1 heterocycles. The van der Waals surface area contributed by atoms with Crippen molar-refractivity contribution >= 4 is 11.8 Å². The first-order valence-corrected chi connectivity index (χ1v) is 7.25. The van der Waals surface area contributed by atoms with Crippen LogP contribution in [0.4, 0.5) is 4.39 Å². The Labute approximate surface area is 124 Å². The Morgan fingerprint density at radius 1 is 1.38 bits per heavy atom. The van der Waals surface area contributed by atoms with E-state index in [1.165, 1.54) is 12.1 Å². The van der Waals surface area contributed by atoms with Crippen molar-refractivity contribution in [1.29, 1.82) is 0 Å². The van der Waals surface area contributed by atoms with Gasteiger partial charge in [-0.25, -0.2) is 4.39 Å². The van der Waals surface area contributed by atoms with Crippen molar-refractivity contribution in [3.05, 3.63) is 35.6 Å². The molecule has 0 saturated carbocycles. The predicted molar refractivity (Wildman–Crippen MR) is 77.8 cm³/mol. The largest absolute Gasteiger partial charge is 0.352 e. The van der Waals surface area contributed by atoms with Crippen LogP contribution in [0, 0.1) is 17.7 Å². The highest BCUT2D eigenvalue weighted by Gasteiger charge is 2.34. The number of rotatable bonds is 5. The lowest BCUT2D eigenvalue weighted by molar-refractivity contribution is -0.129. The van der Waals surface area contributed by atoms with Crippen LogP contribution in [0.5, 0.6) is 0 Å². The lowest BCUT2D eigenvalue weighted by Crippen LogP contribution is -2.33. The quantitative estimate of drug-likeness (QED) is 0.901. The molecule has 1 unspecified atom stereocenters. The van der Waals surface area contributed by atoms with Crippen LogP contribution in [0.1, 0.15) is 25.8 Å². The minimum atomic E-state index is -0.296. The standard InChI is InChI=1S/C16H21FN2O2/c1-11(2)9-19-10-13(7-15(19)20)16(21)18-8-12-3-5-14(17)6-4-12/h3-6,11,13H,7-10H2,1-2H3,(H,18,21). The molecule has 0 bridgehead atoms. The molecule has 0 aliphatic carbocycles. The molecule has 1 aliphatic rings. The minimum Gasteiger partial charge on any atom is -0.352 e. The monoisotopic (exact) mass is 292 g/mol. The van der Waals surface area contributed by atoms with E-state index in [9.17, 15) is 14.0 Å². The molecule has 114 valence electrons. The van der Waals surface area contributed by atoms with Gasteiger partial charge in [-0.05, 0) is 23.6 Å². The summed E-state index contributed by atoms with van der Waals surface area (Å²) in [5.41, 5.74) is 0.841. The Kier molecular flexibility index (Phi) is 4.94. The number of carbonyl (C=O) groups is 2. The molecule has 1 N–H and O–H groups in total. The normalized spacial score (nSPS) is 18.4. The second-order valence-electron chi connectivity index (χ2n) is 5.94. The van der Waals surface area contributed by atoms with Crippen LogP contribution >= 0.6 is 0 Å². The van der Waals surface area contributed by atoms with Gasteiger partial charge in [-0.2, -0.15) is 0 Å². The van der Waals surface area contributed by atoms with Crippen molar-refractivity contribution in [3.8, 4) is 0 Å². The Morgan fingerprint density at radius 2 is 2.05 bits per heavy atom. The van der Waals surface area contributed by atoms with Gasteiger partial charge in [-0.3, -0.25) is 9.59 Å². The van der Waals surface area contributed by atoms with E-state index >= 15 is 0 Å². The number of nitrogens with one attached hydrogen (secondary N) is 1. The van der Waals surface area contributed by atoms with Crippen molar-refractivity contribution in [2.45, 2.75) is 26.8 Å². The Bertz CT molecular complexity index is 514. The second-order valence-corrected chi connectivity index (χ2v) is 5.94. The molecule has 1 saturated heterocycles. The van der Waals surface area contributed by atoms with E-state index in [0.29, 0.717) is 25.6 Å². The molecule has 1 fully saturated rings. The summed E-state index contributed by atoms with van der Waals surface area (Å²) < 4.78 is 12.8. The zero-order valence-corrected chi connectivity index (χ0v) is 12.4. The number of halogens is 1. The fourth-order valence-electron chi connectivity index (χ4n) is 2.50. The number of hydrogen-bond donors (Lipinski definition) is 1. The van der Waals surface area contributed by atoms with Crippen molar-refractivity contribution in [2.75, 3.05) is 13.1 Å². The van der Waals surface area contributed by atoms with Crippen LogP contribution in [0.25, 0.3) is 0 Å². The predicted octanol–water partition coefficient (Wildman–Crippen LogP) is 1.95. The van der Waals surface area contributed by atoms with E-state index in [1.807, 2.05) is 0 Å².